The first kappa shape index (κ1) is 24.2. The summed E-state index contributed by atoms with van der Waals surface area (Å²) in [6.45, 7) is 2.81. The van der Waals surface area contributed by atoms with Crippen molar-refractivity contribution < 1.29 is 14.3 Å². The highest BCUT2D eigenvalue weighted by atomic mass is 16.4. The van der Waals surface area contributed by atoms with E-state index in [0.717, 1.165) is 38.0 Å². The predicted octanol–water partition coefficient (Wildman–Crippen LogP) is 3.89. The van der Waals surface area contributed by atoms with Gasteiger partial charge < -0.3 is 14.4 Å². The lowest BCUT2D eigenvalue weighted by Gasteiger charge is -2.21. The number of amides is 1. The van der Waals surface area contributed by atoms with Gasteiger partial charge in [0.2, 0.25) is 0 Å². The smallest absolute Gasteiger partial charge is 0.343 e. The monoisotopic (exact) mass is 472 g/mol. The zero-order valence-corrected chi connectivity index (χ0v) is 19.4. The van der Waals surface area contributed by atoms with Crippen LogP contribution in [0.3, 0.4) is 0 Å². The number of nitrogens with zero attached hydrogens (tertiary/aromatic N) is 3. The molecule has 35 heavy (non-hydrogen) atoms. The maximum absolute atomic E-state index is 13.1. The van der Waals surface area contributed by atoms with Crippen molar-refractivity contribution in [3.8, 4) is 11.8 Å². The van der Waals surface area contributed by atoms with Crippen LogP contribution in [-0.2, 0) is 4.79 Å². The number of hydrazone groups is 1. The highest BCUT2D eigenvalue weighted by molar-refractivity contribution is 5.89. The lowest BCUT2D eigenvalue weighted by atomic mass is 9.86. The van der Waals surface area contributed by atoms with Crippen LogP contribution < -0.4 is 11.1 Å². The van der Waals surface area contributed by atoms with Crippen LogP contribution in [0, 0.1) is 11.3 Å². The number of fused-ring (bicyclic) bond motifs is 1. The molecule has 4 rings (SSSR count). The summed E-state index contributed by atoms with van der Waals surface area (Å²) in [5, 5.41) is 24.8. The zero-order valence-electron chi connectivity index (χ0n) is 19.4. The van der Waals surface area contributed by atoms with E-state index in [9.17, 15) is 14.7 Å². The minimum Gasteiger partial charge on any atom is -0.507 e. The molecular formula is C27H28N4O4. The molecule has 0 bridgehead atoms. The second-order valence-electron chi connectivity index (χ2n) is 8.66. The van der Waals surface area contributed by atoms with E-state index in [-0.39, 0.29) is 17.7 Å². The average Bonchev–Trinajstić information content (AvgIpc) is 3.39. The van der Waals surface area contributed by atoms with E-state index in [2.05, 4.69) is 15.4 Å². The standard InChI is InChI=1S/C27H28N4O4/c28-14-12-24(32)30-29-20(13-17-31-15-6-7-16-31)18-22(19-8-2-1-3-9-19)25-26(33)21-10-4-5-11-23(21)35-27(25)34/h1-5,8-11,22,33H,6-7,12-13,15-18H2,(H,30,32)/b29-20+/t22-/m0/s1. The van der Waals surface area contributed by atoms with E-state index in [0.29, 0.717) is 29.5 Å². The molecule has 8 nitrogen and oxygen atoms in total. The van der Waals surface area contributed by atoms with Crippen LogP contribution in [0.5, 0.6) is 5.75 Å². The summed E-state index contributed by atoms with van der Waals surface area (Å²) < 4.78 is 5.56. The topological polar surface area (TPSA) is 119 Å². The molecule has 8 heteroatoms. The number of aromatic hydroxyl groups is 1. The van der Waals surface area contributed by atoms with Gasteiger partial charge in [-0.05, 0) is 50.0 Å². The van der Waals surface area contributed by atoms with Gasteiger partial charge in [-0.2, -0.15) is 10.4 Å². The van der Waals surface area contributed by atoms with Gasteiger partial charge in [-0.3, -0.25) is 4.79 Å². The van der Waals surface area contributed by atoms with E-state index in [4.69, 9.17) is 9.68 Å². The van der Waals surface area contributed by atoms with E-state index in [1.807, 2.05) is 36.4 Å². The largest absolute Gasteiger partial charge is 0.507 e. The molecule has 0 unspecified atom stereocenters. The summed E-state index contributed by atoms with van der Waals surface area (Å²) in [5.41, 5.74) is 3.83. The third-order valence-electron chi connectivity index (χ3n) is 6.30. The second kappa shape index (κ2) is 11.4. The number of nitriles is 1. The summed E-state index contributed by atoms with van der Waals surface area (Å²) in [6, 6.07) is 18.1. The van der Waals surface area contributed by atoms with Crippen LogP contribution in [0.2, 0.25) is 0 Å². The lowest BCUT2D eigenvalue weighted by Crippen LogP contribution is -2.26. The number of carbonyl (C=O) groups excluding carboxylic acids is 1. The summed E-state index contributed by atoms with van der Waals surface area (Å²) >= 11 is 0. The molecule has 0 radical (unpaired) electrons. The SMILES string of the molecule is N#CCC(=O)N/N=C(\CCN1CCCC1)C[C@@H](c1ccccc1)c1c(O)c2ccccc2oc1=O. The van der Waals surface area contributed by atoms with E-state index in [1.54, 1.807) is 24.3 Å². The van der Waals surface area contributed by atoms with Crippen LogP contribution in [0.25, 0.3) is 11.0 Å². The Morgan fingerprint density at radius 1 is 1.14 bits per heavy atom. The molecule has 1 aliphatic rings. The number of hydrogen-bond acceptors (Lipinski definition) is 7. The Morgan fingerprint density at radius 3 is 2.60 bits per heavy atom. The maximum Gasteiger partial charge on any atom is 0.343 e. The fourth-order valence-electron chi connectivity index (χ4n) is 4.51. The molecule has 1 aliphatic heterocycles. The third-order valence-corrected chi connectivity index (χ3v) is 6.30. The quantitative estimate of drug-likeness (QED) is 0.277. The highest BCUT2D eigenvalue weighted by Crippen LogP contribution is 2.36. The molecule has 3 aromatic rings. The van der Waals surface area contributed by atoms with Gasteiger partial charge >= 0.3 is 5.63 Å². The molecule has 0 spiro atoms. The molecule has 2 N–H and O–H groups in total. The van der Waals surface area contributed by atoms with Gasteiger partial charge in [-0.15, -0.1) is 0 Å². The molecule has 1 atom stereocenters. The average molecular weight is 473 g/mol. The summed E-state index contributed by atoms with van der Waals surface area (Å²) in [6.07, 6.45) is 2.89. The minimum atomic E-state index is -0.609. The van der Waals surface area contributed by atoms with E-state index in [1.165, 1.54) is 0 Å². The first-order valence-corrected chi connectivity index (χ1v) is 11.8. The van der Waals surface area contributed by atoms with Gasteiger partial charge in [0, 0.05) is 24.6 Å². The van der Waals surface area contributed by atoms with Crippen molar-refractivity contribution in [2.75, 3.05) is 19.6 Å². The van der Waals surface area contributed by atoms with Crippen molar-refractivity contribution in [2.24, 2.45) is 5.10 Å². The van der Waals surface area contributed by atoms with E-state index >= 15 is 0 Å². The van der Waals surface area contributed by atoms with Gasteiger partial charge in [0.15, 0.2) is 0 Å². The van der Waals surface area contributed by atoms with Crippen molar-refractivity contribution in [1.82, 2.24) is 10.3 Å². The Kier molecular flexibility index (Phi) is 7.91. The highest BCUT2D eigenvalue weighted by Gasteiger charge is 2.26. The first-order valence-electron chi connectivity index (χ1n) is 11.8. The van der Waals surface area contributed by atoms with Gasteiger partial charge in [0.25, 0.3) is 5.91 Å². The fourth-order valence-corrected chi connectivity index (χ4v) is 4.51. The molecule has 2 heterocycles. The maximum atomic E-state index is 13.1. The van der Waals surface area contributed by atoms with Crippen molar-refractivity contribution in [2.45, 2.75) is 38.0 Å². The summed E-state index contributed by atoms with van der Waals surface area (Å²) in [7, 11) is 0. The van der Waals surface area contributed by atoms with Crippen LogP contribution in [0.1, 0.15) is 49.1 Å². The molecular weight excluding hydrogens is 444 g/mol. The normalized spacial score (nSPS) is 15.1. The second-order valence-corrected chi connectivity index (χ2v) is 8.66. The van der Waals surface area contributed by atoms with Crippen LogP contribution in [-0.4, -0.2) is 41.3 Å². The van der Waals surface area contributed by atoms with Gasteiger partial charge in [-0.1, -0.05) is 42.5 Å². The Bertz CT molecular complexity index is 1300. The third kappa shape index (κ3) is 5.94. The number of hydrogen-bond donors (Lipinski definition) is 2. The number of benzene rings is 2. The van der Waals surface area contributed by atoms with Gasteiger partial charge in [0.05, 0.1) is 17.0 Å². The number of likely N-dealkylation sites (tertiary alicyclic amines) is 1. The molecule has 0 saturated carbocycles. The van der Waals surface area contributed by atoms with Crippen molar-refractivity contribution in [3.63, 3.8) is 0 Å². The number of para-hydroxylation sites is 1. The summed E-state index contributed by atoms with van der Waals surface area (Å²) in [4.78, 5) is 27.4. The van der Waals surface area contributed by atoms with Crippen molar-refractivity contribution in [1.29, 1.82) is 5.26 Å². The molecule has 1 amide bonds. The van der Waals surface area contributed by atoms with Crippen molar-refractivity contribution >= 4 is 22.6 Å². The molecule has 1 aromatic heterocycles. The minimum absolute atomic E-state index is 0.113. The first-order chi connectivity index (χ1) is 17.1. The van der Waals surface area contributed by atoms with Crippen LogP contribution in [0.15, 0.2) is 68.9 Å². The Morgan fingerprint density at radius 2 is 1.86 bits per heavy atom. The van der Waals surface area contributed by atoms with Crippen LogP contribution in [0.4, 0.5) is 0 Å². The molecule has 0 aliphatic carbocycles. The van der Waals surface area contributed by atoms with Gasteiger partial charge in [0.1, 0.15) is 17.8 Å². The number of nitrogens with one attached hydrogen (secondary N) is 1. The van der Waals surface area contributed by atoms with Crippen molar-refractivity contribution in [3.05, 3.63) is 76.1 Å². The zero-order chi connectivity index (χ0) is 24.6. The number of rotatable bonds is 9. The molecule has 1 saturated heterocycles. The number of carbonyl (C=O) groups is 1. The Hall–Kier alpha value is -3.96. The van der Waals surface area contributed by atoms with E-state index < -0.39 is 17.5 Å². The van der Waals surface area contributed by atoms with Gasteiger partial charge in [-0.25, -0.2) is 10.2 Å². The molecule has 180 valence electrons. The van der Waals surface area contributed by atoms with Crippen LogP contribution >= 0.6 is 0 Å². The summed E-state index contributed by atoms with van der Waals surface area (Å²) in [5.74, 6) is -1.14. The fraction of sp³-hybridized carbons (Fsp3) is 0.333. The lowest BCUT2D eigenvalue weighted by molar-refractivity contribution is -0.120. The predicted molar refractivity (Wildman–Crippen MR) is 133 cm³/mol. The Labute approximate surface area is 203 Å². The Balaban J connectivity index is 1.72. The molecule has 2 aromatic carbocycles. The molecule has 1 fully saturated rings.